The second-order valence-corrected chi connectivity index (χ2v) is 12.2. The van der Waals surface area contributed by atoms with E-state index in [9.17, 15) is 0 Å². The molecule has 6 atom stereocenters. The van der Waals surface area contributed by atoms with E-state index in [2.05, 4.69) is 13.5 Å². The maximum Gasteiger partial charge on any atom is 0.196 e. The lowest BCUT2D eigenvalue weighted by molar-refractivity contribution is 0.282. The van der Waals surface area contributed by atoms with Gasteiger partial charge in [-0.15, -0.1) is 0 Å². The molecule has 1 nitrogen and oxygen atoms in total. The van der Waals surface area contributed by atoms with E-state index in [1.165, 1.54) is 51.4 Å². The lowest BCUT2D eigenvalue weighted by Gasteiger charge is -2.45. The van der Waals surface area contributed by atoms with Gasteiger partial charge in [-0.3, -0.25) is 0 Å². The molecule has 6 unspecified atom stereocenters. The molecule has 0 aromatic rings. The largest absolute Gasteiger partial charge is 0.417 e. The summed E-state index contributed by atoms with van der Waals surface area (Å²) in [7, 11) is -1.55. The van der Waals surface area contributed by atoms with E-state index in [0.29, 0.717) is 0 Å². The fourth-order valence-electron chi connectivity index (χ4n) is 6.60. The number of hydrogen-bond acceptors (Lipinski definition) is 1. The minimum atomic E-state index is -1.55. The van der Waals surface area contributed by atoms with Crippen molar-refractivity contribution in [2.24, 2.45) is 23.7 Å². The molecule has 4 saturated carbocycles. The minimum Gasteiger partial charge on any atom is -0.417 e. The van der Waals surface area contributed by atoms with Crippen molar-refractivity contribution in [3.63, 3.8) is 0 Å². The highest BCUT2D eigenvalue weighted by Gasteiger charge is 2.58. The predicted molar refractivity (Wildman–Crippen MR) is 81.3 cm³/mol. The average Bonchev–Trinajstić information content (AvgIpc) is 3.18. The fraction of sp³-hybridized carbons (Fsp3) is 0.941. The molecule has 4 fully saturated rings. The summed E-state index contributed by atoms with van der Waals surface area (Å²) in [5, 5.41) is 0. The van der Waals surface area contributed by atoms with Crippen LogP contribution in [0.15, 0.2) is 0 Å². The smallest absolute Gasteiger partial charge is 0.196 e. The van der Waals surface area contributed by atoms with Crippen molar-refractivity contribution in [2.45, 2.75) is 69.0 Å². The van der Waals surface area contributed by atoms with Crippen LogP contribution in [-0.2, 0) is 4.43 Å². The van der Waals surface area contributed by atoms with Gasteiger partial charge in [-0.2, -0.15) is 0 Å². The number of rotatable bonds is 4. The van der Waals surface area contributed by atoms with Gasteiger partial charge in [-0.1, -0.05) is 25.7 Å². The predicted octanol–water partition coefficient (Wildman–Crippen LogP) is 4.79. The van der Waals surface area contributed by atoms with E-state index in [-0.39, 0.29) is 0 Å². The normalized spacial score (nSPS) is 50.8. The topological polar surface area (TPSA) is 9.23 Å². The summed E-state index contributed by atoms with van der Waals surface area (Å²) in [5.74, 6) is 4.20. The molecule has 0 heterocycles. The molecule has 0 N–H and O–H groups in total. The molecular formula is C17H29OSi. The molecule has 0 aromatic heterocycles. The Morgan fingerprint density at radius 3 is 1.74 bits per heavy atom. The van der Waals surface area contributed by atoms with Crippen molar-refractivity contribution in [2.75, 3.05) is 6.61 Å². The highest BCUT2D eigenvalue weighted by molar-refractivity contribution is 6.75. The molecule has 2 heteroatoms. The molecule has 19 heavy (non-hydrogen) atoms. The lowest BCUT2D eigenvalue weighted by atomic mass is 9.99. The molecule has 0 amide bonds. The van der Waals surface area contributed by atoms with Gasteiger partial charge in [0.1, 0.15) is 0 Å². The molecule has 0 aliphatic heterocycles. The molecule has 4 bridgehead atoms. The zero-order chi connectivity index (χ0) is 13.0. The Balaban J connectivity index is 1.59. The summed E-state index contributed by atoms with van der Waals surface area (Å²) in [4.78, 5) is 0. The Labute approximate surface area is 119 Å². The van der Waals surface area contributed by atoms with Crippen LogP contribution in [0.2, 0.25) is 17.6 Å². The van der Waals surface area contributed by atoms with E-state index >= 15 is 0 Å². The number of fused-ring (bicyclic) bond motifs is 4. The Bertz CT molecular complexity index is 327. The first-order chi connectivity index (χ1) is 9.20. The van der Waals surface area contributed by atoms with E-state index in [1.54, 1.807) is 0 Å². The van der Waals surface area contributed by atoms with Gasteiger partial charge < -0.3 is 4.43 Å². The van der Waals surface area contributed by atoms with E-state index < -0.39 is 8.32 Å². The zero-order valence-electron chi connectivity index (χ0n) is 12.4. The first-order valence-corrected chi connectivity index (χ1v) is 11.2. The molecule has 0 saturated heterocycles. The van der Waals surface area contributed by atoms with Gasteiger partial charge in [0.2, 0.25) is 0 Å². The third-order valence-electron chi connectivity index (χ3n) is 7.36. The van der Waals surface area contributed by atoms with Crippen LogP contribution in [0.4, 0.5) is 0 Å². The summed E-state index contributed by atoms with van der Waals surface area (Å²) in [5.41, 5.74) is 1.97. The molecule has 4 rings (SSSR count). The summed E-state index contributed by atoms with van der Waals surface area (Å²) < 4.78 is 6.53. The van der Waals surface area contributed by atoms with Gasteiger partial charge in [-0.05, 0) is 73.9 Å². The van der Waals surface area contributed by atoms with Gasteiger partial charge in [0.25, 0.3) is 0 Å². The SMILES string of the molecule is [CH2]CO[Si](C)(C1CC2CCC1C2)C1CC2CCC1C2. The van der Waals surface area contributed by atoms with Gasteiger partial charge in [0, 0.05) is 6.61 Å². The van der Waals surface area contributed by atoms with Crippen LogP contribution in [0.1, 0.15) is 51.4 Å². The summed E-state index contributed by atoms with van der Waals surface area (Å²) in [6.07, 6.45) is 12.2. The van der Waals surface area contributed by atoms with Crippen molar-refractivity contribution in [3.8, 4) is 0 Å². The van der Waals surface area contributed by atoms with E-state index in [0.717, 1.165) is 41.4 Å². The zero-order valence-corrected chi connectivity index (χ0v) is 13.4. The maximum atomic E-state index is 6.53. The van der Waals surface area contributed by atoms with Gasteiger partial charge >= 0.3 is 0 Å². The number of hydrogen-bond donors (Lipinski definition) is 0. The summed E-state index contributed by atoms with van der Waals surface area (Å²) in [6.45, 7) is 7.38. The monoisotopic (exact) mass is 277 g/mol. The Hall–Kier alpha value is 0.177. The van der Waals surface area contributed by atoms with E-state index in [4.69, 9.17) is 4.43 Å². The van der Waals surface area contributed by atoms with Crippen LogP contribution in [0.5, 0.6) is 0 Å². The minimum absolute atomic E-state index is 0.727. The second kappa shape index (κ2) is 4.59. The van der Waals surface area contributed by atoms with E-state index in [1.807, 2.05) is 0 Å². The Morgan fingerprint density at radius 2 is 1.42 bits per heavy atom. The molecule has 4 aliphatic rings. The summed E-state index contributed by atoms with van der Waals surface area (Å²) in [6, 6.07) is 0. The summed E-state index contributed by atoms with van der Waals surface area (Å²) >= 11 is 0. The molecular weight excluding hydrogens is 248 g/mol. The van der Waals surface area contributed by atoms with Gasteiger partial charge in [0.05, 0.1) is 0 Å². The quantitative estimate of drug-likeness (QED) is 0.671. The molecule has 107 valence electrons. The Morgan fingerprint density at radius 1 is 0.895 bits per heavy atom. The Kier molecular flexibility index (Phi) is 3.11. The van der Waals surface area contributed by atoms with Crippen LogP contribution < -0.4 is 0 Å². The second-order valence-electron chi connectivity index (χ2n) is 8.10. The van der Waals surface area contributed by atoms with Crippen LogP contribution in [0.25, 0.3) is 0 Å². The third-order valence-corrected chi connectivity index (χ3v) is 12.5. The van der Waals surface area contributed by atoms with Crippen molar-refractivity contribution in [1.82, 2.24) is 0 Å². The average molecular weight is 278 g/mol. The van der Waals surface area contributed by atoms with Gasteiger partial charge in [-0.25, -0.2) is 0 Å². The maximum absolute atomic E-state index is 6.53. The molecule has 0 spiro atoms. The van der Waals surface area contributed by atoms with Gasteiger partial charge in [0.15, 0.2) is 8.32 Å². The highest BCUT2D eigenvalue weighted by atomic mass is 28.4. The first-order valence-electron chi connectivity index (χ1n) is 8.64. The highest BCUT2D eigenvalue weighted by Crippen LogP contribution is 2.63. The van der Waals surface area contributed by atoms with Crippen molar-refractivity contribution >= 4 is 8.32 Å². The molecule has 1 radical (unpaired) electrons. The van der Waals surface area contributed by atoms with Crippen LogP contribution >= 0.6 is 0 Å². The lowest BCUT2D eigenvalue weighted by Crippen LogP contribution is -2.48. The van der Waals surface area contributed by atoms with Crippen LogP contribution in [0, 0.1) is 30.6 Å². The van der Waals surface area contributed by atoms with Crippen molar-refractivity contribution in [1.29, 1.82) is 0 Å². The standard InChI is InChI=1S/C17H29OSi/c1-3-18-19(2,16-10-12-4-6-14(16)8-12)17-11-13-5-7-15(17)9-13/h12-17H,1,3-11H2,2H3. The molecule has 0 aromatic carbocycles. The fourth-order valence-corrected chi connectivity index (χ4v) is 12.1. The third kappa shape index (κ3) is 1.89. The van der Waals surface area contributed by atoms with Crippen molar-refractivity contribution < 1.29 is 4.43 Å². The van der Waals surface area contributed by atoms with Crippen LogP contribution in [0.3, 0.4) is 0 Å². The molecule has 4 aliphatic carbocycles. The van der Waals surface area contributed by atoms with Crippen LogP contribution in [-0.4, -0.2) is 14.9 Å². The first kappa shape index (κ1) is 12.9. The van der Waals surface area contributed by atoms with Crippen molar-refractivity contribution in [3.05, 3.63) is 6.92 Å².